The molecule has 0 N–H and O–H groups in total. The molecule has 0 saturated heterocycles. The fourth-order valence-corrected chi connectivity index (χ4v) is 2.09. The van der Waals surface area contributed by atoms with E-state index in [1.54, 1.807) is 7.11 Å². The van der Waals surface area contributed by atoms with E-state index in [9.17, 15) is 4.79 Å². The molecular weight excluding hydrogens is 228 g/mol. The Morgan fingerprint density at radius 1 is 1.28 bits per heavy atom. The van der Waals surface area contributed by atoms with Crippen LogP contribution in [0.4, 0.5) is 0 Å². The van der Waals surface area contributed by atoms with Crippen molar-refractivity contribution in [2.24, 2.45) is 5.92 Å². The lowest BCUT2D eigenvalue weighted by molar-refractivity contribution is -0.142. The molecule has 0 aliphatic heterocycles. The number of hydrogen-bond donors (Lipinski definition) is 0. The first-order valence-corrected chi connectivity index (χ1v) is 6.22. The summed E-state index contributed by atoms with van der Waals surface area (Å²) in [5, 5.41) is 0. The number of carbonyl (C=O) groups is 1. The lowest BCUT2D eigenvalue weighted by Crippen LogP contribution is -2.17. The van der Waals surface area contributed by atoms with Crippen molar-refractivity contribution < 1.29 is 14.3 Å². The molecule has 1 aromatic carbocycles. The van der Waals surface area contributed by atoms with Crippen molar-refractivity contribution >= 4 is 5.97 Å². The van der Waals surface area contributed by atoms with E-state index in [1.165, 1.54) is 7.11 Å². The molecule has 0 aromatic heterocycles. The van der Waals surface area contributed by atoms with Crippen molar-refractivity contribution in [2.45, 2.75) is 33.1 Å². The maximum Gasteiger partial charge on any atom is 0.313 e. The number of ether oxygens (including phenoxy) is 2. The molecule has 3 heteroatoms. The highest BCUT2D eigenvalue weighted by molar-refractivity contribution is 5.79. The van der Waals surface area contributed by atoms with Crippen molar-refractivity contribution in [1.82, 2.24) is 0 Å². The van der Waals surface area contributed by atoms with Crippen LogP contribution in [-0.4, -0.2) is 20.2 Å². The fourth-order valence-electron chi connectivity index (χ4n) is 2.09. The van der Waals surface area contributed by atoms with E-state index in [2.05, 4.69) is 13.8 Å². The number of hydrogen-bond acceptors (Lipinski definition) is 3. The van der Waals surface area contributed by atoms with Gasteiger partial charge in [-0.2, -0.15) is 0 Å². The van der Waals surface area contributed by atoms with E-state index in [0.717, 1.165) is 23.3 Å². The Balaban J connectivity index is 3.18. The highest BCUT2D eigenvalue weighted by Gasteiger charge is 2.25. The molecule has 0 spiro atoms. The summed E-state index contributed by atoms with van der Waals surface area (Å²) in [5.74, 6) is 0.702. The molecule has 0 fully saturated rings. The second-order valence-corrected chi connectivity index (χ2v) is 4.95. The Morgan fingerprint density at radius 2 is 1.94 bits per heavy atom. The van der Waals surface area contributed by atoms with E-state index in [4.69, 9.17) is 9.47 Å². The third-order valence-electron chi connectivity index (χ3n) is 2.95. The van der Waals surface area contributed by atoms with Crippen LogP contribution < -0.4 is 4.74 Å². The Bertz CT molecular complexity index is 410. The molecule has 1 unspecified atom stereocenters. The zero-order valence-electron chi connectivity index (χ0n) is 11.8. The van der Waals surface area contributed by atoms with Crippen LogP contribution in [0.15, 0.2) is 18.2 Å². The van der Waals surface area contributed by atoms with Gasteiger partial charge in [-0.3, -0.25) is 4.79 Å². The standard InChI is InChI=1S/C15H22O3/c1-10(2)8-13(15(16)18-5)12-9-11(3)6-7-14(12)17-4/h6-7,9-10,13H,8H2,1-5H3. The van der Waals surface area contributed by atoms with Gasteiger partial charge in [-0.25, -0.2) is 0 Å². The molecule has 18 heavy (non-hydrogen) atoms. The van der Waals surface area contributed by atoms with Crippen molar-refractivity contribution in [3.8, 4) is 5.75 Å². The van der Waals surface area contributed by atoms with Crippen LogP contribution in [0.1, 0.15) is 37.3 Å². The topological polar surface area (TPSA) is 35.5 Å². The molecular formula is C15H22O3. The smallest absolute Gasteiger partial charge is 0.313 e. The molecule has 0 radical (unpaired) electrons. The summed E-state index contributed by atoms with van der Waals surface area (Å²) >= 11 is 0. The summed E-state index contributed by atoms with van der Waals surface area (Å²) in [4.78, 5) is 11.9. The van der Waals surface area contributed by atoms with Gasteiger partial charge in [0.15, 0.2) is 0 Å². The van der Waals surface area contributed by atoms with E-state index in [0.29, 0.717) is 5.92 Å². The minimum absolute atomic E-state index is 0.201. The van der Waals surface area contributed by atoms with Crippen LogP contribution in [0, 0.1) is 12.8 Å². The van der Waals surface area contributed by atoms with E-state index < -0.39 is 0 Å². The van der Waals surface area contributed by atoms with E-state index >= 15 is 0 Å². The quantitative estimate of drug-likeness (QED) is 0.752. The van der Waals surface area contributed by atoms with Gasteiger partial charge in [0, 0.05) is 5.56 Å². The molecule has 1 atom stereocenters. The zero-order valence-corrected chi connectivity index (χ0v) is 11.8. The summed E-state index contributed by atoms with van der Waals surface area (Å²) in [7, 11) is 3.05. The number of methoxy groups -OCH3 is 2. The zero-order chi connectivity index (χ0) is 13.7. The monoisotopic (exact) mass is 250 g/mol. The molecule has 3 nitrogen and oxygen atoms in total. The average Bonchev–Trinajstić information content (AvgIpc) is 2.34. The second-order valence-electron chi connectivity index (χ2n) is 4.95. The molecule has 0 aliphatic rings. The maximum absolute atomic E-state index is 11.9. The fraction of sp³-hybridized carbons (Fsp3) is 0.533. The van der Waals surface area contributed by atoms with Crippen LogP contribution in [0.25, 0.3) is 0 Å². The molecule has 0 heterocycles. The first-order chi connectivity index (χ1) is 8.49. The predicted octanol–water partition coefficient (Wildman–Crippen LogP) is 3.31. The second kappa shape index (κ2) is 6.43. The lowest BCUT2D eigenvalue weighted by Gasteiger charge is -2.20. The van der Waals surface area contributed by atoms with Crippen LogP contribution >= 0.6 is 0 Å². The average molecular weight is 250 g/mol. The van der Waals surface area contributed by atoms with Crippen molar-refractivity contribution in [1.29, 1.82) is 0 Å². The van der Waals surface area contributed by atoms with E-state index in [-0.39, 0.29) is 11.9 Å². The number of carbonyl (C=O) groups excluding carboxylic acids is 1. The van der Waals surface area contributed by atoms with Gasteiger partial charge in [-0.05, 0) is 25.3 Å². The number of benzene rings is 1. The highest BCUT2D eigenvalue weighted by atomic mass is 16.5. The Kier molecular flexibility index (Phi) is 5.20. The van der Waals surface area contributed by atoms with Gasteiger partial charge in [0.1, 0.15) is 5.75 Å². The molecule has 1 aromatic rings. The minimum Gasteiger partial charge on any atom is -0.496 e. The van der Waals surface area contributed by atoms with Crippen molar-refractivity contribution in [2.75, 3.05) is 14.2 Å². The first-order valence-electron chi connectivity index (χ1n) is 6.22. The molecule has 0 saturated carbocycles. The Labute approximate surface area is 109 Å². The molecule has 0 amide bonds. The SMILES string of the molecule is COC(=O)C(CC(C)C)c1cc(C)ccc1OC. The lowest BCUT2D eigenvalue weighted by atomic mass is 9.89. The van der Waals surface area contributed by atoms with Crippen LogP contribution in [0.3, 0.4) is 0 Å². The normalized spacial score (nSPS) is 12.3. The van der Waals surface area contributed by atoms with Gasteiger partial charge in [-0.15, -0.1) is 0 Å². The van der Waals surface area contributed by atoms with Gasteiger partial charge in [0.2, 0.25) is 0 Å². The first kappa shape index (κ1) is 14.6. The molecule has 100 valence electrons. The van der Waals surface area contributed by atoms with E-state index in [1.807, 2.05) is 25.1 Å². The van der Waals surface area contributed by atoms with Crippen LogP contribution in [0.5, 0.6) is 5.75 Å². The van der Waals surface area contributed by atoms with Crippen LogP contribution in [-0.2, 0) is 9.53 Å². The third-order valence-corrected chi connectivity index (χ3v) is 2.95. The molecule has 0 aliphatic carbocycles. The Morgan fingerprint density at radius 3 is 2.44 bits per heavy atom. The largest absolute Gasteiger partial charge is 0.496 e. The third kappa shape index (κ3) is 3.49. The summed E-state index contributed by atoms with van der Waals surface area (Å²) < 4.78 is 10.3. The number of rotatable bonds is 5. The van der Waals surface area contributed by atoms with Gasteiger partial charge < -0.3 is 9.47 Å². The minimum atomic E-state index is -0.259. The van der Waals surface area contributed by atoms with Gasteiger partial charge in [0.05, 0.1) is 20.1 Å². The number of esters is 1. The molecule has 0 bridgehead atoms. The van der Waals surface area contributed by atoms with Gasteiger partial charge in [-0.1, -0.05) is 31.5 Å². The van der Waals surface area contributed by atoms with Gasteiger partial charge in [0.25, 0.3) is 0 Å². The highest BCUT2D eigenvalue weighted by Crippen LogP contribution is 2.33. The summed E-state index contributed by atoms with van der Waals surface area (Å²) in [6.45, 7) is 6.20. The predicted molar refractivity (Wildman–Crippen MR) is 71.9 cm³/mol. The maximum atomic E-state index is 11.9. The van der Waals surface area contributed by atoms with Crippen molar-refractivity contribution in [3.63, 3.8) is 0 Å². The number of aryl methyl sites for hydroxylation is 1. The summed E-state index contributed by atoms with van der Waals surface area (Å²) in [6.07, 6.45) is 0.756. The van der Waals surface area contributed by atoms with Gasteiger partial charge >= 0.3 is 5.97 Å². The summed E-state index contributed by atoms with van der Waals surface area (Å²) in [5.41, 5.74) is 2.03. The van der Waals surface area contributed by atoms with Crippen molar-refractivity contribution in [3.05, 3.63) is 29.3 Å². The van der Waals surface area contributed by atoms with Crippen LogP contribution in [0.2, 0.25) is 0 Å². The Hall–Kier alpha value is -1.51. The molecule has 1 rings (SSSR count). The summed E-state index contributed by atoms with van der Waals surface area (Å²) in [6, 6.07) is 5.88.